The molecule has 0 aliphatic carbocycles. The van der Waals surface area contributed by atoms with Crippen LogP contribution in [0, 0.1) is 0 Å². The quantitative estimate of drug-likeness (QED) is 0.226. The van der Waals surface area contributed by atoms with Gasteiger partial charge >= 0.3 is 5.97 Å². The minimum absolute atomic E-state index is 0.0772. The number of hydrogen-bond acceptors (Lipinski definition) is 6. The van der Waals surface area contributed by atoms with Crippen LogP contribution in [0.5, 0.6) is 0 Å². The van der Waals surface area contributed by atoms with Crippen LogP contribution in [0.15, 0.2) is 54.6 Å². The molecule has 2 rings (SSSR count). The minimum Gasteiger partial charge on any atom is -0.461 e. The average Bonchev–Trinajstić information content (AvgIpc) is 2.79. The third-order valence-electron chi connectivity index (χ3n) is 4.44. The lowest BCUT2D eigenvalue weighted by Gasteiger charge is -2.12. The molecule has 2 aromatic carbocycles. The number of benzene rings is 2. The van der Waals surface area contributed by atoms with Crippen LogP contribution in [-0.4, -0.2) is 37.4 Å². The summed E-state index contributed by atoms with van der Waals surface area (Å²) in [4.78, 5) is 32.3. The van der Waals surface area contributed by atoms with E-state index in [-0.39, 0.29) is 18.5 Å². The van der Waals surface area contributed by atoms with Crippen molar-refractivity contribution in [2.75, 3.05) is 18.4 Å². The summed E-state index contributed by atoms with van der Waals surface area (Å²) in [6.45, 7) is 3.02. The van der Waals surface area contributed by atoms with Crippen LogP contribution >= 0.6 is 0 Å². The number of unbranched alkanes of at least 4 members (excludes halogenated alkanes) is 2. The minimum atomic E-state index is -0.470. The fourth-order valence-corrected chi connectivity index (χ4v) is 2.70. The van der Waals surface area contributed by atoms with Gasteiger partial charge in [0.2, 0.25) is 12.3 Å². The summed E-state index contributed by atoms with van der Waals surface area (Å²) in [7, 11) is 0. The van der Waals surface area contributed by atoms with Crippen molar-refractivity contribution >= 4 is 24.0 Å². The molecule has 2 amide bonds. The first-order chi connectivity index (χ1) is 15.5. The van der Waals surface area contributed by atoms with E-state index < -0.39 is 6.04 Å². The average molecular weight is 443 g/mol. The Labute approximate surface area is 189 Å². The molecule has 0 fully saturated rings. The Kier molecular flexibility index (Phi) is 13.8. The predicted octanol–water partition coefficient (Wildman–Crippen LogP) is 2.12. The van der Waals surface area contributed by atoms with Gasteiger partial charge in [0.05, 0.1) is 6.04 Å². The van der Waals surface area contributed by atoms with E-state index in [2.05, 4.69) is 10.6 Å². The third-order valence-corrected chi connectivity index (χ3v) is 4.44. The first-order valence-corrected chi connectivity index (χ1v) is 10.7. The predicted molar refractivity (Wildman–Crippen MR) is 126 cm³/mol. The molecule has 6 N–H and O–H groups in total. The summed E-state index contributed by atoms with van der Waals surface area (Å²) >= 11 is 0. The lowest BCUT2D eigenvalue weighted by Crippen LogP contribution is -2.42. The summed E-state index contributed by atoms with van der Waals surface area (Å²) in [5, 5.41) is 5.37. The molecule has 0 radical (unpaired) electrons. The monoisotopic (exact) mass is 442 g/mol. The second kappa shape index (κ2) is 16.5. The van der Waals surface area contributed by atoms with Crippen LogP contribution in [-0.2, 0) is 32.1 Å². The first-order valence-electron chi connectivity index (χ1n) is 10.7. The molecule has 1 atom stereocenters. The first kappa shape index (κ1) is 26.8. The Morgan fingerprint density at radius 1 is 1.00 bits per heavy atom. The number of rotatable bonds is 12. The SMILES string of the molecule is CC(=O)OCc1ccc(NC=O)cc1.NCCCCCNC(=O)C(N)Cc1ccccc1. The molecule has 1 unspecified atom stereocenters. The van der Waals surface area contributed by atoms with Crippen LogP contribution in [0.1, 0.15) is 37.3 Å². The summed E-state index contributed by atoms with van der Waals surface area (Å²) in [5.74, 6) is -0.383. The van der Waals surface area contributed by atoms with E-state index in [4.69, 9.17) is 16.2 Å². The molecule has 0 aliphatic rings. The number of anilines is 1. The lowest BCUT2D eigenvalue weighted by molar-refractivity contribution is -0.142. The fraction of sp³-hybridized carbons (Fsp3) is 0.375. The van der Waals surface area contributed by atoms with Crippen LogP contribution in [0.3, 0.4) is 0 Å². The number of carbonyl (C=O) groups is 3. The van der Waals surface area contributed by atoms with Crippen molar-refractivity contribution in [1.29, 1.82) is 0 Å². The molecule has 0 heterocycles. The number of esters is 1. The van der Waals surface area contributed by atoms with Gasteiger partial charge < -0.3 is 26.8 Å². The van der Waals surface area contributed by atoms with Gasteiger partial charge in [0, 0.05) is 19.2 Å². The van der Waals surface area contributed by atoms with E-state index in [9.17, 15) is 14.4 Å². The maximum absolute atomic E-state index is 11.7. The lowest BCUT2D eigenvalue weighted by atomic mass is 10.1. The molecule has 0 spiro atoms. The highest BCUT2D eigenvalue weighted by atomic mass is 16.5. The Balaban J connectivity index is 0.000000330. The molecular formula is C24H34N4O4. The summed E-state index contributed by atoms with van der Waals surface area (Å²) < 4.78 is 4.80. The van der Waals surface area contributed by atoms with Crippen LogP contribution in [0.25, 0.3) is 0 Å². The van der Waals surface area contributed by atoms with Crippen LogP contribution in [0.2, 0.25) is 0 Å². The highest BCUT2D eigenvalue weighted by Crippen LogP contribution is 2.09. The van der Waals surface area contributed by atoms with Crippen molar-refractivity contribution in [3.05, 3.63) is 65.7 Å². The maximum atomic E-state index is 11.7. The van der Waals surface area contributed by atoms with Gasteiger partial charge in [0.1, 0.15) is 6.61 Å². The normalized spacial score (nSPS) is 10.8. The summed E-state index contributed by atoms with van der Waals surface area (Å²) in [5.41, 5.74) is 13.9. The van der Waals surface area contributed by atoms with Crippen molar-refractivity contribution in [3.8, 4) is 0 Å². The summed E-state index contributed by atoms with van der Waals surface area (Å²) in [6, 6.07) is 16.4. The number of amides is 2. The van der Waals surface area contributed by atoms with E-state index in [1.54, 1.807) is 24.3 Å². The maximum Gasteiger partial charge on any atom is 0.302 e. The molecule has 0 aliphatic heterocycles. The van der Waals surface area contributed by atoms with Gasteiger partial charge in [-0.2, -0.15) is 0 Å². The number of hydrogen-bond donors (Lipinski definition) is 4. The zero-order valence-corrected chi connectivity index (χ0v) is 18.6. The third kappa shape index (κ3) is 12.5. The van der Waals surface area contributed by atoms with Gasteiger partial charge in [0.15, 0.2) is 0 Å². The number of nitrogens with two attached hydrogens (primary N) is 2. The molecule has 0 aromatic heterocycles. The van der Waals surface area contributed by atoms with Crippen molar-refractivity contribution in [3.63, 3.8) is 0 Å². The zero-order chi connectivity index (χ0) is 23.6. The Morgan fingerprint density at radius 2 is 1.69 bits per heavy atom. The van der Waals surface area contributed by atoms with E-state index in [0.29, 0.717) is 31.6 Å². The van der Waals surface area contributed by atoms with Gasteiger partial charge in [-0.1, -0.05) is 48.9 Å². The second-order valence-electron chi connectivity index (χ2n) is 7.18. The van der Waals surface area contributed by atoms with E-state index in [1.165, 1.54) is 6.92 Å². The van der Waals surface area contributed by atoms with Gasteiger partial charge in [-0.25, -0.2) is 0 Å². The molecule has 32 heavy (non-hydrogen) atoms. The Hall–Kier alpha value is -3.23. The molecule has 2 aromatic rings. The van der Waals surface area contributed by atoms with Crippen LogP contribution < -0.4 is 22.1 Å². The van der Waals surface area contributed by atoms with Crippen LogP contribution in [0.4, 0.5) is 5.69 Å². The highest BCUT2D eigenvalue weighted by molar-refractivity contribution is 5.81. The molecule has 0 saturated heterocycles. The van der Waals surface area contributed by atoms with Gasteiger partial charge in [-0.15, -0.1) is 0 Å². The number of carbonyl (C=O) groups excluding carboxylic acids is 3. The zero-order valence-electron chi connectivity index (χ0n) is 18.6. The van der Waals surface area contributed by atoms with E-state index in [0.717, 1.165) is 30.4 Å². The Morgan fingerprint density at radius 3 is 2.28 bits per heavy atom. The van der Waals surface area contributed by atoms with Gasteiger partial charge in [0.25, 0.3) is 0 Å². The van der Waals surface area contributed by atoms with Crippen molar-refractivity contribution in [2.24, 2.45) is 11.5 Å². The molecular weight excluding hydrogens is 408 g/mol. The number of nitrogens with one attached hydrogen (secondary N) is 2. The second-order valence-corrected chi connectivity index (χ2v) is 7.18. The smallest absolute Gasteiger partial charge is 0.302 e. The van der Waals surface area contributed by atoms with Gasteiger partial charge in [-0.05, 0) is 49.1 Å². The van der Waals surface area contributed by atoms with Crippen molar-refractivity contribution in [2.45, 2.75) is 45.3 Å². The Bertz CT molecular complexity index is 797. The largest absolute Gasteiger partial charge is 0.461 e. The highest BCUT2D eigenvalue weighted by Gasteiger charge is 2.12. The molecule has 174 valence electrons. The summed E-state index contributed by atoms with van der Waals surface area (Å²) in [6.07, 6.45) is 4.20. The van der Waals surface area contributed by atoms with Crippen molar-refractivity contribution < 1.29 is 19.1 Å². The molecule has 0 bridgehead atoms. The fourth-order valence-electron chi connectivity index (χ4n) is 2.70. The van der Waals surface area contributed by atoms with E-state index >= 15 is 0 Å². The topological polar surface area (TPSA) is 137 Å². The number of ether oxygens (including phenoxy) is 1. The van der Waals surface area contributed by atoms with Crippen molar-refractivity contribution in [1.82, 2.24) is 5.32 Å². The standard InChI is InChI=1S/C14H23N3O.C10H11NO3/c15-9-5-2-6-10-17-14(18)13(16)11-12-7-3-1-4-8-12;1-8(13)14-6-9-2-4-10(5-3-9)11-7-12/h1,3-4,7-8,13H,2,5-6,9-11,15-16H2,(H,17,18);2-5,7H,6H2,1H3,(H,11,12). The van der Waals surface area contributed by atoms with E-state index in [1.807, 2.05) is 30.3 Å². The molecule has 8 heteroatoms. The molecule has 8 nitrogen and oxygen atoms in total. The van der Waals surface area contributed by atoms with Gasteiger partial charge in [-0.3, -0.25) is 14.4 Å². The molecule has 0 saturated carbocycles.